The Kier molecular flexibility index (Phi) is 7.57. The Morgan fingerprint density at radius 3 is 2.27 bits per heavy atom. The van der Waals surface area contributed by atoms with E-state index in [0.717, 1.165) is 35.7 Å². The van der Waals surface area contributed by atoms with Gasteiger partial charge in [0.2, 0.25) is 5.91 Å². The number of ether oxygens (including phenoxy) is 4. The fourth-order valence-electron chi connectivity index (χ4n) is 3.96. The summed E-state index contributed by atoms with van der Waals surface area (Å²) in [5.41, 5.74) is 2.05. The van der Waals surface area contributed by atoms with Crippen molar-refractivity contribution in [2.75, 3.05) is 41.1 Å². The van der Waals surface area contributed by atoms with Crippen LogP contribution in [0.25, 0.3) is 0 Å². The van der Waals surface area contributed by atoms with E-state index in [-0.39, 0.29) is 11.3 Å². The van der Waals surface area contributed by atoms with E-state index >= 15 is 0 Å². The molecule has 30 heavy (non-hydrogen) atoms. The lowest BCUT2D eigenvalue weighted by atomic mass is 9.74. The van der Waals surface area contributed by atoms with E-state index in [1.807, 2.05) is 30.3 Å². The number of carbonyl (C=O) groups excluding carboxylic acids is 1. The summed E-state index contributed by atoms with van der Waals surface area (Å²) in [5, 5.41) is 3.16. The zero-order valence-corrected chi connectivity index (χ0v) is 18.0. The van der Waals surface area contributed by atoms with Gasteiger partial charge in [0.25, 0.3) is 0 Å². The zero-order valence-electron chi connectivity index (χ0n) is 18.0. The molecule has 0 aromatic heterocycles. The predicted molar refractivity (Wildman–Crippen MR) is 116 cm³/mol. The number of rotatable bonds is 9. The summed E-state index contributed by atoms with van der Waals surface area (Å²) in [6, 6.07) is 13.8. The first-order valence-corrected chi connectivity index (χ1v) is 10.3. The fourth-order valence-corrected chi connectivity index (χ4v) is 3.96. The van der Waals surface area contributed by atoms with Crippen LogP contribution in [0.2, 0.25) is 0 Å². The van der Waals surface area contributed by atoms with Gasteiger partial charge in [-0.1, -0.05) is 12.1 Å². The van der Waals surface area contributed by atoms with Crippen molar-refractivity contribution in [1.82, 2.24) is 5.32 Å². The second-order valence-electron chi connectivity index (χ2n) is 7.58. The van der Waals surface area contributed by atoms with Gasteiger partial charge in [-0.15, -0.1) is 0 Å². The van der Waals surface area contributed by atoms with Gasteiger partial charge in [0.05, 0.1) is 21.3 Å². The number of benzene rings is 2. The van der Waals surface area contributed by atoms with Crippen molar-refractivity contribution in [3.8, 4) is 17.2 Å². The highest BCUT2D eigenvalue weighted by Gasteiger charge is 2.34. The molecule has 1 saturated heterocycles. The van der Waals surface area contributed by atoms with Crippen molar-refractivity contribution >= 4 is 5.91 Å². The standard InChI is InChI=1S/C24H31NO5/c1-27-20-7-5-19(6-8-20)24(12-14-30-15-13-24)17-25-23(26)11-4-18-16-21(28-2)9-10-22(18)29-3/h5-10,16H,4,11-15,17H2,1-3H3,(H,25,26). The zero-order chi connectivity index (χ0) is 21.4. The van der Waals surface area contributed by atoms with Crippen molar-refractivity contribution in [1.29, 1.82) is 0 Å². The number of amides is 1. The Morgan fingerprint density at radius 2 is 1.63 bits per heavy atom. The molecule has 6 nitrogen and oxygen atoms in total. The summed E-state index contributed by atoms with van der Waals surface area (Å²) in [5.74, 6) is 2.38. The molecule has 2 aromatic rings. The summed E-state index contributed by atoms with van der Waals surface area (Å²) in [6.45, 7) is 1.99. The van der Waals surface area contributed by atoms with E-state index in [1.54, 1.807) is 21.3 Å². The van der Waals surface area contributed by atoms with Gasteiger partial charge in [-0.3, -0.25) is 4.79 Å². The smallest absolute Gasteiger partial charge is 0.220 e. The van der Waals surface area contributed by atoms with Gasteiger partial charge in [0.15, 0.2) is 0 Å². The van der Waals surface area contributed by atoms with Gasteiger partial charge in [0.1, 0.15) is 17.2 Å². The minimum Gasteiger partial charge on any atom is -0.497 e. The molecule has 0 atom stereocenters. The lowest BCUT2D eigenvalue weighted by Crippen LogP contribution is -2.44. The summed E-state index contributed by atoms with van der Waals surface area (Å²) in [7, 11) is 4.93. The molecule has 0 spiro atoms. The van der Waals surface area contributed by atoms with Crippen LogP contribution in [0.4, 0.5) is 0 Å². The Hall–Kier alpha value is -2.73. The van der Waals surface area contributed by atoms with Crippen molar-refractivity contribution in [2.45, 2.75) is 31.1 Å². The van der Waals surface area contributed by atoms with E-state index in [4.69, 9.17) is 18.9 Å². The van der Waals surface area contributed by atoms with Crippen LogP contribution >= 0.6 is 0 Å². The third kappa shape index (κ3) is 5.25. The minimum absolute atomic E-state index is 0.0271. The molecule has 0 unspecified atom stereocenters. The lowest BCUT2D eigenvalue weighted by Gasteiger charge is -2.38. The van der Waals surface area contributed by atoms with E-state index < -0.39 is 0 Å². The molecule has 1 heterocycles. The van der Waals surface area contributed by atoms with Crippen LogP contribution in [0.3, 0.4) is 0 Å². The Labute approximate surface area is 178 Å². The molecular weight excluding hydrogens is 382 g/mol. The average Bonchev–Trinajstić information content (AvgIpc) is 2.81. The van der Waals surface area contributed by atoms with Crippen LogP contribution in [0.5, 0.6) is 17.2 Å². The Morgan fingerprint density at radius 1 is 0.967 bits per heavy atom. The van der Waals surface area contributed by atoms with Gasteiger partial charge in [-0.2, -0.15) is 0 Å². The fraction of sp³-hybridized carbons (Fsp3) is 0.458. The first-order valence-electron chi connectivity index (χ1n) is 10.3. The highest BCUT2D eigenvalue weighted by molar-refractivity contribution is 5.76. The van der Waals surface area contributed by atoms with Crippen molar-refractivity contribution < 1.29 is 23.7 Å². The first kappa shape index (κ1) is 22.0. The maximum Gasteiger partial charge on any atom is 0.220 e. The quantitative estimate of drug-likeness (QED) is 0.682. The monoisotopic (exact) mass is 413 g/mol. The maximum absolute atomic E-state index is 12.7. The molecule has 3 rings (SSSR count). The topological polar surface area (TPSA) is 66.0 Å². The third-order valence-electron chi connectivity index (χ3n) is 5.89. The summed E-state index contributed by atoms with van der Waals surface area (Å²) in [4.78, 5) is 12.7. The molecule has 1 fully saturated rings. The third-order valence-corrected chi connectivity index (χ3v) is 5.89. The minimum atomic E-state index is -0.117. The van der Waals surface area contributed by atoms with Crippen LogP contribution < -0.4 is 19.5 Å². The molecule has 0 bridgehead atoms. The highest BCUT2D eigenvalue weighted by atomic mass is 16.5. The molecular formula is C24H31NO5. The molecule has 0 radical (unpaired) electrons. The molecule has 1 aliphatic rings. The molecule has 2 aromatic carbocycles. The van der Waals surface area contributed by atoms with Crippen molar-refractivity contribution in [3.63, 3.8) is 0 Å². The largest absolute Gasteiger partial charge is 0.497 e. The molecule has 162 valence electrons. The number of carbonyl (C=O) groups is 1. The summed E-state index contributed by atoms with van der Waals surface area (Å²) >= 11 is 0. The van der Waals surface area contributed by atoms with Crippen LogP contribution in [0.1, 0.15) is 30.4 Å². The van der Waals surface area contributed by atoms with Crippen LogP contribution in [0.15, 0.2) is 42.5 Å². The van der Waals surface area contributed by atoms with Gasteiger partial charge in [0, 0.05) is 31.6 Å². The van der Waals surface area contributed by atoms with E-state index in [1.165, 1.54) is 5.56 Å². The highest BCUT2D eigenvalue weighted by Crippen LogP contribution is 2.35. The van der Waals surface area contributed by atoms with E-state index in [2.05, 4.69) is 17.4 Å². The Balaban J connectivity index is 1.63. The number of hydrogen-bond acceptors (Lipinski definition) is 5. The Bertz CT molecular complexity index is 828. The SMILES string of the molecule is COc1ccc(C2(CNC(=O)CCc3cc(OC)ccc3OC)CCOCC2)cc1. The molecule has 1 N–H and O–H groups in total. The normalized spacial score (nSPS) is 15.3. The van der Waals surface area contributed by atoms with Crippen molar-refractivity contribution in [3.05, 3.63) is 53.6 Å². The number of hydrogen-bond donors (Lipinski definition) is 1. The molecule has 1 aliphatic heterocycles. The predicted octanol–water partition coefficient (Wildman–Crippen LogP) is 3.51. The van der Waals surface area contributed by atoms with Gasteiger partial charge in [-0.05, 0) is 60.7 Å². The summed E-state index contributed by atoms with van der Waals surface area (Å²) in [6.07, 6.45) is 2.73. The van der Waals surface area contributed by atoms with Crippen LogP contribution in [-0.4, -0.2) is 47.0 Å². The van der Waals surface area contributed by atoms with Crippen LogP contribution in [0, 0.1) is 0 Å². The second-order valence-corrected chi connectivity index (χ2v) is 7.58. The second kappa shape index (κ2) is 10.3. The maximum atomic E-state index is 12.7. The average molecular weight is 414 g/mol. The van der Waals surface area contributed by atoms with E-state index in [9.17, 15) is 4.79 Å². The first-order chi connectivity index (χ1) is 14.6. The van der Waals surface area contributed by atoms with Crippen molar-refractivity contribution in [2.24, 2.45) is 0 Å². The number of nitrogens with one attached hydrogen (secondary N) is 1. The summed E-state index contributed by atoms with van der Waals surface area (Å²) < 4.78 is 21.6. The molecule has 6 heteroatoms. The molecule has 1 amide bonds. The van der Waals surface area contributed by atoms with Crippen LogP contribution in [-0.2, 0) is 21.4 Å². The number of methoxy groups -OCH3 is 3. The lowest BCUT2D eigenvalue weighted by molar-refractivity contribution is -0.121. The van der Waals surface area contributed by atoms with Gasteiger partial charge >= 0.3 is 0 Å². The number of aryl methyl sites for hydroxylation is 1. The van der Waals surface area contributed by atoms with Gasteiger partial charge < -0.3 is 24.3 Å². The van der Waals surface area contributed by atoms with Gasteiger partial charge in [-0.25, -0.2) is 0 Å². The van der Waals surface area contributed by atoms with E-state index in [0.29, 0.717) is 32.6 Å². The molecule has 0 saturated carbocycles. The molecule has 0 aliphatic carbocycles.